The van der Waals surface area contributed by atoms with Crippen LogP contribution in [0.1, 0.15) is 36.3 Å². The third-order valence-corrected chi connectivity index (χ3v) is 3.64. The van der Waals surface area contributed by atoms with E-state index in [0.717, 1.165) is 40.9 Å². The van der Waals surface area contributed by atoms with Gasteiger partial charge in [0.15, 0.2) is 0 Å². The highest BCUT2D eigenvalue weighted by molar-refractivity contribution is 5.75. The topological polar surface area (TPSA) is 73.8 Å². The predicted molar refractivity (Wildman–Crippen MR) is 82.5 cm³/mol. The van der Waals surface area contributed by atoms with Gasteiger partial charge in [0.05, 0.1) is 23.3 Å². The number of aromatic amines is 2. The first-order valence-corrected chi connectivity index (χ1v) is 7.18. The van der Waals surface area contributed by atoms with Crippen LogP contribution in [0.3, 0.4) is 0 Å². The van der Waals surface area contributed by atoms with Crippen molar-refractivity contribution in [3.63, 3.8) is 0 Å². The van der Waals surface area contributed by atoms with Gasteiger partial charge in [-0.05, 0) is 49.2 Å². The molecule has 0 radical (unpaired) electrons. The van der Waals surface area contributed by atoms with Crippen LogP contribution in [0, 0.1) is 6.92 Å². The Bertz CT molecular complexity index is 797. The number of furan rings is 1. The van der Waals surface area contributed by atoms with Crippen LogP contribution in [0.5, 0.6) is 0 Å². The number of aromatic nitrogens is 2. The number of aryl methyl sites for hydroxylation is 1. The van der Waals surface area contributed by atoms with E-state index in [0.29, 0.717) is 0 Å². The van der Waals surface area contributed by atoms with Crippen LogP contribution in [0.4, 0.5) is 0 Å². The van der Waals surface area contributed by atoms with Crippen LogP contribution >= 0.6 is 0 Å². The molecule has 5 heteroatoms. The second-order valence-electron chi connectivity index (χ2n) is 5.24. The minimum absolute atomic E-state index is 0.0113. The minimum Gasteiger partial charge on any atom is -0.467 e. The van der Waals surface area contributed by atoms with E-state index < -0.39 is 0 Å². The molecule has 3 aromatic rings. The molecule has 0 saturated heterocycles. The van der Waals surface area contributed by atoms with Gasteiger partial charge >= 0.3 is 5.69 Å². The van der Waals surface area contributed by atoms with Crippen molar-refractivity contribution in [2.45, 2.75) is 26.3 Å². The third-order valence-electron chi connectivity index (χ3n) is 3.64. The number of benzene rings is 1. The number of hydrogen-bond acceptors (Lipinski definition) is 3. The molecular formula is C16H19N3O2. The summed E-state index contributed by atoms with van der Waals surface area (Å²) in [4.78, 5) is 16.9. The third kappa shape index (κ3) is 2.64. The summed E-state index contributed by atoms with van der Waals surface area (Å²) in [6, 6.07) is 7.88. The number of H-pyrrole nitrogens is 2. The van der Waals surface area contributed by atoms with Gasteiger partial charge in [0, 0.05) is 0 Å². The molecule has 5 nitrogen and oxygen atoms in total. The van der Waals surface area contributed by atoms with E-state index in [9.17, 15) is 4.79 Å². The molecule has 3 rings (SSSR count). The maximum Gasteiger partial charge on any atom is 0.323 e. The van der Waals surface area contributed by atoms with Crippen LogP contribution in [0.2, 0.25) is 0 Å². The smallest absolute Gasteiger partial charge is 0.323 e. The van der Waals surface area contributed by atoms with Crippen LogP contribution in [-0.4, -0.2) is 16.5 Å². The number of fused-ring (bicyclic) bond motifs is 1. The molecule has 1 unspecified atom stereocenters. The van der Waals surface area contributed by atoms with Gasteiger partial charge in [-0.3, -0.25) is 0 Å². The van der Waals surface area contributed by atoms with Crippen molar-refractivity contribution >= 4 is 11.0 Å². The van der Waals surface area contributed by atoms with Gasteiger partial charge in [-0.25, -0.2) is 4.79 Å². The van der Waals surface area contributed by atoms with Crippen molar-refractivity contribution < 1.29 is 4.42 Å². The van der Waals surface area contributed by atoms with Gasteiger partial charge < -0.3 is 19.7 Å². The molecule has 1 atom stereocenters. The Hall–Kier alpha value is -2.27. The second-order valence-corrected chi connectivity index (χ2v) is 5.24. The fraction of sp³-hybridized carbons (Fsp3) is 0.312. The minimum atomic E-state index is -0.186. The molecule has 0 bridgehead atoms. The molecule has 2 heterocycles. The van der Waals surface area contributed by atoms with Crippen molar-refractivity contribution in [2.75, 3.05) is 6.54 Å². The Kier molecular flexibility index (Phi) is 3.66. The largest absolute Gasteiger partial charge is 0.467 e. The zero-order valence-corrected chi connectivity index (χ0v) is 12.2. The molecular weight excluding hydrogens is 266 g/mol. The summed E-state index contributed by atoms with van der Waals surface area (Å²) in [5.74, 6) is 0.917. The molecule has 0 fully saturated rings. The van der Waals surface area contributed by atoms with Crippen LogP contribution in [0.25, 0.3) is 11.0 Å². The Morgan fingerprint density at radius 1 is 1.24 bits per heavy atom. The monoisotopic (exact) mass is 285 g/mol. The van der Waals surface area contributed by atoms with Crippen LogP contribution in [0.15, 0.2) is 39.7 Å². The van der Waals surface area contributed by atoms with Crippen molar-refractivity contribution in [1.82, 2.24) is 15.3 Å². The summed E-state index contributed by atoms with van der Waals surface area (Å²) >= 11 is 0. The van der Waals surface area contributed by atoms with Gasteiger partial charge in [0.25, 0.3) is 0 Å². The van der Waals surface area contributed by atoms with E-state index in [2.05, 4.69) is 22.2 Å². The van der Waals surface area contributed by atoms with Gasteiger partial charge in [-0.2, -0.15) is 0 Å². The molecule has 0 saturated carbocycles. The second kappa shape index (κ2) is 5.61. The summed E-state index contributed by atoms with van der Waals surface area (Å²) in [5.41, 5.74) is 3.63. The van der Waals surface area contributed by atoms with Gasteiger partial charge in [-0.15, -0.1) is 0 Å². The van der Waals surface area contributed by atoms with Crippen LogP contribution in [-0.2, 0) is 0 Å². The van der Waals surface area contributed by atoms with Crippen molar-refractivity contribution in [3.05, 3.63) is 57.9 Å². The average molecular weight is 285 g/mol. The maximum absolute atomic E-state index is 11.4. The highest BCUT2D eigenvalue weighted by Gasteiger charge is 2.19. The molecule has 1 aromatic carbocycles. The van der Waals surface area contributed by atoms with E-state index in [4.69, 9.17) is 4.42 Å². The molecule has 0 aliphatic heterocycles. The van der Waals surface area contributed by atoms with E-state index in [1.807, 2.05) is 31.2 Å². The highest BCUT2D eigenvalue weighted by atomic mass is 16.3. The molecule has 110 valence electrons. The zero-order valence-electron chi connectivity index (χ0n) is 12.2. The zero-order chi connectivity index (χ0) is 14.8. The molecule has 21 heavy (non-hydrogen) atoms. The van der Waals surface area contributed by atoms with Gasteiger partial charge in [0.2, 0.25) is 0 Å². The average Bonchev–Trinajstić information content (AvgIpc) is 3.04. The Morgan fingerprint density at radius 2 is 2.05 bits per heavy atom. The Labute approximate surface area is 122 Å². The van der Waals surface area contributed by atoms with E-state index in [-0.39, 0.29) is 11.7 Å². The van der Waals surface area contributed by atoms with Crippen LogP contribution < -0.4 is 11.0 Å². The molecule has 0 aliphatic carbocycles. The molecule has 0 amide bonds. The van der Waals surface area contributed by atoms with E-state index >= 15 is 0 Å². The number of rotatable bonds is 5. The predicted octanol–water partition coefficient (Wildman–Crippen LogP) is 2.85. The number of nitrogens with one attached hydrogen (secondary N) is 3. The molecule has 3 N–H and O–H groups in total. The molecule has 0 aliphatic rings. The quantitative estimate of drug-likeness (QED) is 0.675. The lowest BCUT2D eigenvalue weighted by atomic mass is 10.0. The normalized spacial score (nSPS) is 12.9. The lowest BCUT2D eigenvalue weighted by Gasteiger charge is -2.18. The highest BCUT2D eigenvalue weighted by Crippen LogP contribution is 2.27. The Morgan fingerprint density at radius 3 is 2.76 bits per heavy atom. The number of imidazole rings is 1. The van der Waals surface area contributed by atoms with Gasteiger partial charge in [-0.1, -0.05) is 13.0 Å². The first kappa shape index (κ1) is 13.7. The first-order valence-electron chi connectivity index (χ1n) is 7.18. The standard InChI is InChI=1S/C16H19N3O2/c1-3-7-17-14(15-10(2)6-8-21-15)11-4-5-12-13(9-11)19-16(20)18-12/h4-6,8-9,14,17H,3,7H2,1-2H3,(H2,18,19,20). The summed E-state index contributed by atoms with van der Waals surface area (Å²) in [6.45, 7) is 5.06. The summed E-state index contributed by atoms with van der Waals surface area (Å²) in [5, 5.41) is 3.50. The van der Waals surface area contributed by atoms with Crippen molar-refractivity contribution in [3.8, 4) is 0 Å². The van der Waals surface area contributed by atoms with Crippen molar-refractivity contribution in [1.29, 1.82) is 0 Å². The van der Waals surface area contributed by atoms with E-state index in [1.165, 1.54) is 0 Å². The fourth-order valence-corrected chi connectivity index (χ4v) is 2.56. The van der Waals surface area contributed by atoms with Crippen molar-refractivity contribution in [2.24, 2.45) is 0 Å². The lowest BCUT2D eigenvalue weighted by molar-refractivity contribution is 0.444. The molecule has 0 spiro atoms. The SMILES string of the molecule is CCCNC(c1ccc2[nH]c(=O)[nH]c2c1)c1occc1C. The fourth-order valence-electron chi connectivity index (χ4n) is 2.56. The summed E-state index contributed by atoms with van der Waals surface area (Å²) in [6.07, 6.45) is 2.75. The first-order chi connectivity index (χ1) is 10.2. The molecule has 2 aromatic heterocycles. The summed E-state index contributed by atoms with van der Waals surface area (Å²) < 4.78 is 5.65. The van der Waals surface area contributed by atoms with E-state index in [1.54, 1.807) is 6.26 Å². The summed E-state index contributed by atoms with van der Waals surface area (Å²) in [7, 11) is 0. The van der Waals surface area contributed by atoms with Gasteiger partial charge in [0.1, 0.15) is 5.76 Å². The lowest BCUT2D eigenvalue weighted by Crippen LogP contribution is -2.23. The number of hydrogen-bond donors (Lipinski definition) is 3. The Balaban J connectivity index is 2.04. The maximum atomic E-state index is 11.4.